The largest absolute Gasteiger partial charge is 0.508 e. The van der Waals surface area contributed by atoms with Crippen LogP contribution in [0.2, 0.25) is 0 Å². The average molecular weight is 298 g/mol. The molecule has 0 aliphatic carbocycles. The predicted molar refractivity (Wildman–Crippen MR) is 85.5 cm³/mol. The molecule has 106 valence electrons. The quantitative estimate of drug-likeness (QED) is 0.754. The molecule has 2 aromatic carbocycles. The minimum absolute atomic E-state index is 0.0963. The second-order valence-corrected chi connectivity index (χ2v) is 5.97. The fourth-order valence-electron chi connectivity index (χ4n) is 2.04. The lowest BCUT2D eigenvalue weighted by atomic mass is 10.1. The number of phenolic OH excluding ortho intramolecular Hbond substituents is 1. The van der Waals surface area contributed by atoms with Crippen LogP contribution in [-0.2, 0) is 0 Å². The number of hydrogen-bond donors (Lipinski definition) is 1. The average Bonchev–Trinajstić information content (AvgIpc) is 2.89. The summed E-state index contributed by atoms with van der Waals surface area (Å²) in [4.78, 5) is 18.8. The molecule has 0 unspecified atom stereocenters. The molecule has 1 aromatic heterocycles. The molecule has 0 aliphatic rings. The van der Waals surface area contributed by atoms with Crippen molar-refractivity contribution in [3.8, 4) is 5.75 Å². The van der Waals surface area contributed by atoms with E-state index < -0.39 is 0 Å². The number of anilines is 1. The normalized spacial score (nSPS) is 10.8. The highest BCUT2D eigenvalue weighted by Gasteiger charge is 2.15. The monoisotopic (exact) mass is 298 g/mol. The first kappa shape index (κ1) is 13.6. The van der Waals surface area contributed by atoms with Crippen molar-refractivity contribution in [3.05, 3.63) is 53.0 Å². The summed E-state index contributed by atoms with van der Waals surface area (Å²) in [6.07, 6.45) is 0. The molecule has 0 amide bonds. The van der Waals surface area contributed by atoms with E-state index in [-0.39, 0.29) is 11.5 Å². The molecule has 0 atom stereocenters. The third kappa shape index (κ3) is 2.60. The molecule has 4 nitrogen and oxygen atoms in total. The lowest BCUT2D eigenvalue weighted by Crippen LogP contribution is -2.09. The summed E-state index contributed by atoms with van der Waals surface area (Å²) < 4.78 is 0.809. The molecule has 0 fully saturated rings. The van der Waals surface area contributed by atoms with Crippen LogP contribution < -0.4 is 4.90 Å². The summed E-state index contributed by atoms with van der Waals surface area (Å²) in [6, 6.07) is 12.3. The van der Waals surface area contributed by atoms with Gasteiger partial charge in [-0.2, -0.15) is 0 Å². The Bertz CT molecular complexity index is 807. The molecule has 0 saturated carbocycles. The maximum Gasteiger partial charge on any atom is 0.221 e. The molecular formula is C16H14N2O2S. The molecule has 0 bridgehead atoms. The van der Waals surface area contributed by atoms with E-state index in [9.17, 15) is 9.90 Å². The molecular weight excluding hydrogens is 284 g/mol. The SMILES string of the molecule is CN(C)c1ccc(C(=O)c2nc3ccc(O)cc3s2)cc1. The Balaban J connectivity index is 1.95. The number of thiazole rings is 1. The Hall–Kier alpha value is -2.40. The predicted octanol–water partition coefficient (Wildman–Crippen LogP) is 3.30. The number of carbonyl (C=O) groups excluding carboxylic acids is 1. The van der Waals surface area contributed by atoms with Crippen LogP contribution in [0.3, 0.4) is 0 Å². The molecule has 0 saturated heterocycles. The van der Waals surface area contributed by atoms with Crippen molar-refractivity contribution in [2.75, 3.05) is 19.0 Å². The number of fused-ring (bicyclic) bond motifs is 1. The van der Waals surface area contributed by atoms with Crippen molar-refractivity contribution >= 4 is 33.0 Å². The summed E-state index contributed by atoms with van der Waals surface area (Å²) in [6.45, 7) is 0. The summed E-state index contributed by atoms with van der Waals surface area (Å²) >= 11 is 1.29. The van der Waals surface area contributed by atoms with Crippen LogP contribution in [0.4, 0.5) is 5.69 Å². The van der Waals surface area contributed by atoms with E-state index in [1.54, 1.807) is 30.3 Å². The van der Waals surface area contributed by atoms with Gasteiger partial charge in [0.1, 0.15) is 5.75 Å². The Kier molecular flexibility index (Phi) is 3.35. The highest BCUT2D eigenvalue weighted by molar-refractivity contribution is 7.20. The zero-order chi connectivity index (χ0) is 15.0. The maximum atomic E-state index is 12.5. The highest BCUT2D eigenvalue weighted by atomic mass is 32.1. The van der Waals surface area contributed by atoms with Gasteiger partial charge in [-0.25, -0.2) is 4.98 Å². The van der Waals surface area contributed by atoms with Gasteiger partial charge in [0.25, 0.3) is 0 Å². The second-order valence-electron chi connectivity index (χ2n) is 4.94. The second kappa shape index (κ2) is 5.18. The van der Waals surface area contributed by atoms with Gasteiger partial charge in [-0.3, -0.25) is 4.79 Å². The molecule has 5 heteroatoms. The van der Waals surface area contributed by atoms with Crippen molar-refractivity contribution < 1.29 is 9.90 Å². The number of aromatic nitrogens is 1. The van der Waals surface area contributed by atoms with Crippen LogP contribution in [0.25, 0.3) is 10.2 Å². The van der Waals surface area contributed by atoms with E-state index in [2.05, 4.69) is 4.98 Å². The zero-order valence-electron chi connectivity index (χ0n) is 11.7. The van der Waals surface area contributed by atoms with Gasteiger partial charge in [-0.1, -0.05) is 0 Å². The lowest BCUT2D eigenvalue weighted by molar-refractivity contribution is 0.103. The van der Waals surface area contributed by atoms with Gasteiger partial charge >= 0.3 is 0 Å². The number of hydrogen-bond acceptors (Lipinski definition) is 5. The molecule has 3 rings (SSSR count). The van der Waals surface area contributed by atoms with Gasteiger partial charge in [0, 0.05) is 25.3 Å². The van der Waals surface area contributed by atoms with Crippen LogP contribution in [-0.4, -0.2) is 30.0 Å². The third-order valence-corrected chi connectivity index (χ3v) is 4.23. The van der Waals surface area contributed by atoms with Gasteiger partial charge in [-0.05, 0) is 42.5 Å². The molecule has 21 heavy (non-hydrogen) atoms. The molecule has 0 aliphatic heterocycles. The number of aromatic hydroxyl groups is 1. The number of carbonyl (C=O) groups is 1. The van der Waals surface area contributed by atoms with Gasteiger partial charge < -0.3 is 10.0 Å². The van der Waals surface area contributed by atoms with Crippen LogP contribution in [0.5, 0.6) is 5.75 Å². The van der Waals surface area contributed by atoms with Crippen LogP contribution in [0.1, 0.15) is 15.4 Å². The molecule has 1 heterocycles. The third-order valence-electron chi connectivity index (χ3n) is 3.21. The number of rotatable bonds is 3. The zero-order valence-corrected chi connectivity index (χ0v) is 12.5. The molecule has 0 spiro atoms. The van der Waals surface area contributed by atoms with Gasteiger partial charge in [0.05, 0.1) is 10.2 Å². The van der Waals surface area contributed by atoms with Gasteiger partial charge in [-0.15, -0.1) is 11.3 Å². The fraction of sp³-hybridized carbons (Fsp3) is 0.125. The van der Waals surface area contributed by atoms with E-state index >= 15 is 0 Å². The number of nitrogens with zero attached hydrogens (tertiary/aromatic N) is 2. The number of benzene rings is 2. The Morgan fingerprint density at radius 1 is 1.14 bits per heavy atom. The minimum atomic E-state index is -0.0963. The van der Waals surface area contributed by atoms with Crippen molar-refractivity contribution in [2.24, 2.45) is 0 Å². The summed E-state index contributed by atoms with van der Waals surface area (Å²) in [5.41, 5.74) is 2.38. The Labute approximate surface area is 126 Å². The standard InChI is InChI=1S/C16H14N2O2S/c1-18(2)11-5-3-10(4-6-11)15(20)16-17-13-8-7-12(19)9-14(13)21-16/h3-9,19H,1-2H3. The highest BCUT2D eigenvalue weighted by Crippen LogP contribution is 2.27. The number of ketones is 1. The van der Waals surface area contributed by atoms with E-state index in [1.807, 2.05) is 31.1 Å². The number of phenols is 1. The van der Waals surface area contributed by atoms with Crippen LogP contribution in [0, 0.1) is 0 Å². The molecule has 0 radical (unpaired) electrons. The first-order valence-electron chi connectivity index (χ1n) is 6.46. The van der Waals surface area contributed by atoms with Crippen molar-refractivity contribution in [1.82, 2.24) is 4.98 Å². The van der Waals surface area contributed by atoms with Crippen LogP contribution >= 0.6 is 11.3 Å². The fourth-order valence-corrected chi connectivity index (χ4v) is 3.01. The van der Waals surface area contributed by atoms with Crippen LogP contribution in [0.15, 0.2) is 42.5 Å². The summed E-state index contributed by atoms with van der Waals surface area (Å²) in [5.74, 6) is 0.0847. The molecule has 1 N–H and O–H groups in total. The topological polar surface area (TPSA) is 53.4 Å². The minimum Gasteiger partial charge on any atom is -0.508 e. The molecule has 3 aromatic rings. The summed E-state index contributed by atoms with van der Waals surface area (Å²) in [5, 5.41) is 9.91. The maximum absolute atomic E-state index is 12.5. The summed E-state index contributed by atoms with van der Waals surface area (Å²) in [7, 11) is 3.91. The van der Waals surface area contributed by atoms with Gasteiger partial charge in [0.2, 0.25) is 5.78 Å². The first-order valence-corrected chi connectivity index (χ1v) is 7.28. The van der Waals surface area contributed by atoms with E-state index in [0.717, 1.165) is 15.9 Å². The smallest absolute Gasteiger partial charge is 0.221 e. The lowest BCUT2D eigenvalue weighted by Gasteiger charge is -2.11. The van der Waals surface area contributed by atoms with Crippen molar-refractivity contribution in [3.63, 3.8) is 0 Å². The van der Waals surface area contributed by atoms with Gasteiger partial charge in [0.15, 0.2) is 5.01 Å². The van der Waals surface area contributed by atoms with Crippen molar-refractivity contribution in [2.45, 2.75) is 0 Å². The first-order chi connectivity index (χ1) is 10.0. The Morgan fingerprint density at radius 2 is 1.86 bits per heavy atom. The van der Waals surface area contributed by atoms with E-state index in [4.69, 9.17) is 0 Å². The van der Waals surface area contributed by atoms with Crippen molar-refractivity contribution in [1.29, 1.82) is 0 Å². The van der Waals surface area contributed by atoms with E-state index in [1.165, 1.54) is 11.3 Å². The Morgan fingerprint density at radius 3 is 2.52 bits per heavy atom. The van der Waals surface area contributed by atoms with E-state index in [0.29, 0.717) is 10.6 Å².